The quantitative estimate of drug-likeness (QED) is 0.0210. The van der Waals surface area contributed by atoms with E-state index in [1.165, 1.54) is 70.6 Å². The van der Waals surface area contributed by atoms with Gasteiger partial charge < -0.3 is 27.9 Å². The zero-order valence-corrected chi connectivity index (χ0v) is 33.3. The summed E-state index contributed by atoms with van der Waals surface area (Å²) in [4.78, 5) is 24.9. The minimum atomic E-state index is -4.52. The molecular formula is C40H76NO7P. The maximum absolute atomic E-state index is 12.6. The summed E-state index contributed by atoms with van der Waals surface area (Å²) in [5.41, 5.74) is 0. The van der Waals surface area contributed by atoms with Crippen LogP contribution in [0.1, 0.15) is 155 Å². The highest BCUT2D eigenvalue weighted by atomic mass is 31.2. The van der Waals surface area contributed by atoms with Crippen molar-refractivity contribution in [2.75, 3.05) is 54.1 Å². The van der Waals surface area contributed by atoms with Crippen molar-refractivity contribution in [1.29, 1.82) is 0 Å². The molecule has 9 heteroatoms. The molecule has 0 bridgehead atoms. The third-order valence-corrected chi connectivity index (χ3v) is 9.13. The monoisotopic (exact) mass is 714 g/mol. The molecule has 0 aromatic carbocycles. The lowest BCUT2D eigenvalue weighted by Crippen LogP contribution is -2.37. The number of quaternary nitrogens is 1. The summed E-state index contributed by atoms with van der Waals surface area (Å²) in [6.45, 7) is 5.30. The first-order chi connectivity index (χ1) is 23.6. The van der Waals surface area contributed by atoms with E-state index in [0.717, 1.165) is 64.2 Å². The lowest BCUT2D eigenvalue weighted by Gasteiger charge is -2.28. The molecule has 0 radical (unpaired) electrons. The third-order valence-electron chi connectivity index (χ3n) is 8.16. The number of ether oxygens (including phenoxy) is 2. The van der Waals surface area contributed by atoms with E-state index in [1.807, 2.05) is 21.1 Å². The molecule has 0 N–H and O–H groups in total. The van der Waals surface area contributed by atoms with Crippen LogP contribution >= 0.6 is 7.82 Å². The highest BCUT2D eigenvalue weighted by Gasteiger charge is 2.20. The van der Waals surface area contributed by atoms with Gasteiger partial charge in [0.05, 0.1) is 34.4 Å². The van der Waals surface area contributed by atoms with Crippen molar-refractivity contribution < 1.29 is 37.3 Å². The predicted molar refractivity (Wildman–Crippen MR) is 203 cm³/mol. The molecule has 0 saturated carbocycles. The van der Waals surface area contributed by atoms with Crippen molar-refractivity contribution in [1.82, 2.24) is 0 Å². The van der Waals surface area contributed by atoms with Crippen LogP contribution in [0.25, 0.3) is 0 Å². The van der Waals surface area contributed by atoms with Gasteiger partial charge >= 0.3 is 5.97 Å². The standard InChI is InChI=1S/C40H76NO7P/c1-6-8-10-12-14-16-18-20-21-22-24-26-28-30-32-35-45-37-39(38-47-49(43,44)46-36-34-41(3,4)5)48-40(42)33-31-29-27-25-23-19-17-15-13-11-9-7-2/h12,14-15,17-18,20,39H,6-11,13,16,19,21-38H2,1-5H3/b14-12-,17-15-,20-18-. The molecule has 0 amide bonds. The van der Waals surface area contributed by atoms with E-state index in [4.69, 9.17) is 18.5 Å². The molecule has 0 aromatic heterocycles. The minimum absolute atomic E-state index is 0.0218. The third kappa shape index (κ3) is 37.8. The smallest absolute Gasteiger partial charge is 0.306 e. The van der Waals surface area contributed by atoms with Gasteiger partial charge in [-0.2, -0.15) is 0 Å². The summed E-state index contributed by atoms with van der Waals surface area (Å²) < 4.78 is 34.4. The highest BCUT2D eigenvalue weighted by molar-refractivity contribution is 7.45. The molecule has 0 spiro atoms. The van der Waals surface area contributed by atoms with Crippen LogP contribution in [-0.4, -0.2) is 70.7 Å². The Labute approximate surface area is 302 Å². The zero-order valence-electron chi connectivity index (χ0n) is 32.4. The van der Waals surface area contributed by atoms with Crippen molar-refractivity contribution in [2.45, 2.75) is 161 Å². The van der Waals surface area contributed by atoms with Gasteiger partial charge in [0.1, 0.15) is 19.3 Å². The van der Waals surface area contributed by atoms with E-state index in [1.54, 1.807) is 0 Å². The normalized spacial score (nSPS) is 14.3. The molecule has 0 aliphatic rings. The number of hydrogen-bond donors (Lipinski definition) is 0. The van der Waals surface area contributed by atoms with Gasteiger partial charge in [-0.05, 0) is 64.2 Å². The fourth-order valence-corrected chi connectivity index (χ4v) is 5.75. The van der Waals surface area contributed by atoms with Crippen molar-refractivity contribution in [3.63, 3.8) is 0 Å². The van der Waals surface area contributed by atoms with Gasteiger partial charge in [0.2, 0.25) is 0 Å². The molecular weight excluding hydrogens is 637 g/mol. The Morgan fingerprint density at radius 2 is 1.14 bits per heavy atom. The molecule has 8 nitrogen and oxygen atoms in total. The van der Waals surface area contributed by atoms with E-state index < -0.39 is 13.9 Å². The van der Waals surface area contributed by atoms with Crippen LogP contribution in [0, 0.1) is 0 Å². The lowest BCUT2D eigenvalue weighted by atomic mass is 10.1. The largest absolute Gasteiger partial charge is 0.756 e. The topological polar surface area (TPSA) is 94.1 Å². The average Bonchev–Trinajstić information content (AvgIpc) is 3.04. The number of nitrogens with zero attached hydrogens (tertiary/aromatic N) is 1. The number of allylic oxidation sites excluding steroid dienone is 6. The molecule has 2 unspecified atom stereocenters. The molecule has 49 heavy (non-hydrogen) atoms. The molecule has 0 aliphatic heterocycles. The number of hydrogen-bond acceptors (Lipinski definition) is 7. The Hall–Kier alpha value is -1.28. The Morgan fingerprint density at radius 1 is 0.633 bits per heavy atom. The fraction of sp³-hybridized carbons (Fsp3) is 0.825. The van der Waals surface area contributed by atoms with Crippen molar-refractivity contribution in [2.24, 2.45) is 0 Å². The summed E-state index contributed by atoms with van der Waals surface area (Å²) >= 11 is 0. The second kappa shape index (κ2) is 33.8. The maximum Gasteiger partial charge on any atom is 0.306 e. The molecule has 0 heterocycles. The first-order valence-electron chi connectivity index (χ1n) is 19.7. The van der Waals surface area contributed by atoms with Crippen molar-refractivity contribution in [3.8, 4) is 0 Å². The lowest BCUT2D eigenvalue weighted by molar-refractivity contribution is -0.870. The van der Waals surface area contributed by atoms with Gasteiger partial charge in [0, 0.05) is 13.0 Å². The highest BCUT2D eigenvalue weighted by Crippen LogP contribution is 2.38. The van der Waals surface area contributed by atoms with E-state index in [0.29, 0.717) is 24.1 Å². The fourth-order valence-electron chi connectivity index (χ4n) is 5.03. The zero-order chi connectivity index (χ0) is 36.3. The van der Waals surface area contributed by atoms with Crippen LogP contribution in [0.15, 0.2) is 36.5 Å². The van der Waals surface area contributed by atoms with Crippen LogP contribution in [0.5, 0.6) is 0 Å². The van der Waals surface area contributed by atoms with E-state index in [-0.39, 0.29) is 25.8 Å². The second-order valence-corrected chi connectivity index (χ2v) is 15.7. The molecule has 0 aliphatic carbocycles. The van der Waals surface area contributed by atoms with E-state index >= 15 is 0 Å². The summed E-state index contributed by atoms with van der Waals surface area (Å²) in [7, 11) is 1.34. The molecule has 0 rings (SSSR count). The number of unbranched alkanes of at least 4 members (excludes halogenated alkanes) is 16. The van der Waals surface area contributed by atoms with Crippen LogP contribution in [0.4, 0.5) is 0 Å². The Kier molecular flexibility index (Phi) is 33.0. The Morgan fingerprint density at radius 3 is 1.73 bits per heavy atom. The maximum atomic E-state index is 12.6. The van der Waals surface area contributed by atoms with E-state index in [9.17, 15) is 14.3 Å². The summed E-state index contributed by atoms with van der Waals surface area (Å²) in [6.07, 6.45) is 37.2. The second-order valence-electron chi connectivity index (χ2n) is 14.3. The van der Waals surface area contributed by atoms with Gasteiger partial charge in [-0.15, -0.1) is 0 Å². The first kappa shape index (κ1) is 47.7. The van der Waals surface area contributed by atoms with E-state index in [2.05, 4.69) is 50.3 Å². The number of likely N-dealkylation sites (N-methyl/N-ethyl adjacent to an activating group) is 1. The number of rotatable bonds is 36. The summed E-state index contributed by atoms with van der Waals surface area (Å²) in [5, 5.41) is 0. The predicted octanol–water partition coefficient (Wildman–Crippen LogP) is 10.4. The van der Waals surface area contributed by atoms with Gasteiger partial charge in [-0.1, -0.05) is 121 Å². The van der Waals surface area contributed by atoms with Gasteiger partial charge in [0.25, 0.3) is 7.82 Å². The summed E-state index contributed by atoms with van der Waals surface area (Å²) in [6, 6.07) is 0. The summed E-state index contributed by atoms with van der Waals surface area (Å²) in [5.74, 6) is -0.350. The average molecular weight is 714 g/mol. The number of esters is 1. The van der Waals surface area contributed by atoms with Gasteiger partial charge in [-0.25, -0.2) is 0 Å². The molecule has 0 aromatic rings. The molecule has 2 atom stereocenters. The van der Waals surface area contributed by atoms with Crippen molar-refractivity contribution >= 4 is 13.8 Å². The first-order valence-corrected chi connectivity index (χ1v) is 21.2. The number of phosphoric ester groups is 1. The van der Waals surface area contributed by atoms with Gasteiger partial charge in [0.15, 0.2) is 0 Å². The van der Waals surface area contributed by atoms with Crippen LogP contribution in [0.2, 0.25) is 0 Å². The minimum Gasteiger partial charge on any atom is -0.756 e. The molecule has 0 fully saturated rings. The number of carbonyl (C=O) groups excluding carboxylic acids is 1. The van der Waals surface area contributed by atoms with Crippen molar-refractivity contribution in [3.05, 3.63) is 36.5 Å². The number of carbonyl (C=O) groups is 1. The Bertz CT molecular complexity index is 884. The SMILES string of the molecule is CCCC/C=C\C/C=C\CCCCCCCCOCC(COP(=O)([O-])OCC[N+](C)(C)C)OC(=O)CCCCCCC/C=C\CCCCC. The van der Waals surface area contributed by atoms with Gasteiger partial charge in [-0.3, -0.25) is 9.36 Å². The molecule has 0 saturated heterocycles. The molecule has 288 valence electrons. The number of phosphoric acid groups is 1. The van der Waals surface area contributed by atoms with Crippen LogP contribution in [-0.2, 0) is 27.9 Å². The van der Waals surface area contributed by atoms with Crippen LogP contribution < -0.4 is 4.89 Å². The Balaban J connectivity index is 4.32. The van der Waals surface area contributed by atoms with Crippen LogP contribution in [0.3, 0.4) is 0 Å².